The Bertz CT molecular complexity index is 188. The molecule has 14 heavy (non-hydrogen) atoms. The Kier molecular flexibility index (Phi) is 3.51. The molecule has 1 aliphatic rings. The minimum atomic E-state index is -1.41. The van der Waals surface area contributed by atoms with Gasteiger partial charge in [0, 0.05) is 6.54 Å². The van der Waals surface area contributed by atoms with Gasteiger partial charge < -0.3 is 0 Å². The van der Waals surface area contributed by atoms with Crippen LogP contribution in [0.4, 0.5) is 8.78 Å². The molecule has 1 rings (SSSR count). The van der Waals surface area contributed by atoms with Gasteiger partial charge in [-0.3, -0.25) is 4.90 Å². The lowest BCUT2D eigenvalue weighted by Gasteiger charge is -2.38. The standard InChI is InChI=1S/C11H21F2N/c1-11(2,3)7-8-5-6-14(4)10(13)9(8)12/h8-10H,5-7H2,1-4H3. The van der Waals surface area contributed by atoms with Gasteiger partial charge in [0.1, 0.15) is 6.17 Å². The van der Waals surface area contributed by atoms with Crippen molar-refractivity contribution >= 4 is 0 Å². The van der Waals surface area contributed by atoms with Gasteiger partial charge in [-0.1, -0.05) is 20.8 Å². The average Bonchev–Trinajstić information content (AvgIpc) is 2.04. The molecule has 0 bridgehead atoms. The van der Waals surface area contributed by atoms with Gasteiger partial charge in [-0.15, -0.1) is 0 Å². The number of rotatable bonds is 1. The zero-order chi connectivity index (χ0) is 10.9. The molecule has 1 saturated heterocycles. The van der Waals surface area contributed by atoms with Crippen molar-refractivity contribution in [1.29, 1.82) is 0 Å². The molecule has 0 amide bonds. The first kappa shape index (κ1) is 11.9. The number of hydrogen-bond acceptors (Lipinski definition) is 1. The highest BCUT2D eigenvalue weighted by Gasteiger charge is 2.38. The smallest absolute Gasteiger partial charge is 0.185 e. The van der Waals surface area contributed by atoms with E-state index in [9.17, 15) is 8.78 Å². The van der Waals surface area contributed by atoms with E-state index in [0.717, 1.165) is 12.8 Å². The SMILES string of the molecule is CN1CCC(CC(C)(C)C)C(F)C1F. The second kappa shape index (κ2) is 4.13. The van der Waals surface area contributed by atoms with Crippen molar-refractivity contribution in [2.24, 2.45) is 11.3 Å². The summed E-state index contributed by atoms with van der Waals surface area (Å²) in [5.74, 6) is -0.110. The number of piperidine rings is 1. The van der Waals surface area contributed by atoms with E-state index in [0.29, 0.717) is 6.54 Å². The maximum absolute atomic E-state index is 13.6. The lowest BCUT2D eigenvalue weighted by Crippen LogP contribution is -2.46. The molecule has 0 aliphatic carbocycles. The Morgan fingerprint density at radius 2 is 1.86 bits per heavy atom. The first-order chi connectivity index (χ1) is 6.31. The summed E-state index contributed by atoms with van der Waals surface area (Å²) < 4.78 is 27.0. The number of hydrogen-bond donors (Lipinski definition) is 0. The Labute approximate surface area is 85.5 Å². The lowest BCUT2D eigenvalue weighted by molar-refractivity contribution is -0.0454. The fourth-order valence-electron chi connectivity index (χ4n) is 2.12. The van der Waals surface area contributed by atoms with Crippen LogP contribution in [0.1, 0.15) is 33.6 Å². The van der Waals surface area contributed by atoms with Gasteiger partial charge >= 0.3 is 0 Å². The quantitative estimate of drug-likeness (QED) is 0.595. The minimum Gasteiger partial charge on any atom is -0.275 e. The molecule has 0 aromatic rings. The third-order valence-electron chi connectivity index (χ3n) is 2.86. The molecule has 1 aliphatic heterocycles. The molecule has 0 aromatic carbocycles. The molecule has 3 atom stereocenters. The number of likely N-dealkylation sites (tertiary alicyclic amines) is 1. The van der Waals surface area contributed by atoms with Crippen molar-refractivity contribution < 1.29 is 8.78 Å². The van der Waals surface area contributed by atoms with Crippen molar-refractivity contribution in [3.8, 4) is 0 Å². The third-order valence-corrected chi connectivity index (χ3v) is 2.86. The summed E-state index contributed by atoms with van der Waals surface area (Å²) >= 11 is 0. The fraction of sp³-hybridized carbons (Fsp3) is 1.00. The number of halogens is 2. The predicted octanol–water partition coefficient (Wildman–Crippen LogP) is 3.01. The van der Waals surface area contributed by atoms with E-state index in [2.05, 4.69) is 20.8 Å². The van der Waals surface area contributed by atoms with Crippen molar-refractivity contribution in [3.63, 3.8) is 0 Å². The highest BCUT2D eigenvalue weighted by Crippen LogP contribution is 2.35. The van der Waals surface area contributed by atoms with Crippen molar-refractivity contribution in [3.05, 3.63) is 0 Å². The monoisotopic (exact) mass is 205 g/mol. The molecule has 1 heterocycles. The lowest BCUT2D eigenvalue weighted by atomic mass is 9.79. The van der Waals surface area contributed by atoms with Crippen LogP contribution in [-0.4, -0.2) is 31.0 Å². The highest BCUT2D eigenvalue weighted by molar-refractivity contribution is 4.85. The van der Waals surface area contributed by atoms with Crippen molar-refractivity contribution in [1.82, 2.24) is 4.90 Å². The van der Waals surface area contributed by atoms with Gasteiger partial charge in [0.15, 0.2) is 6.30 Å². The predicted molar refractivity (Wildman–Crippen MR) is 54.6 cm³/mol. The largest absolute Gasteiger partial charge is 0.275 e. The Hall–Kier alpha value is -0.180. The maximum Gasteiger partial charge on any atom is 0.185 e. The van der Waals surface area contributed by atoms with Crippen LogP contribution >= 0.6 is 0 Å². The van der Waals surface area contributed by atoms with Crippen LogP contribution in [0.3, 0.4) is 0 Å². The van der Waals surface area contributed by atoms with Crippen LogP contribution in [0.25, 0.3) is 0 Å². The van der Waals surface area contributed by atoms with Crippen molar-refractivity contribution in [2.45, 2.75) is 46.1 Å². The topological polar surface area (TPSA) is 3.24 Å². The van der Waals surface area contributed by atoms with E-state index in [1.165, 1.54) is 4.90 Å². The molecule has 3 heteroatoms. The van der Waals surface area contributed by atoms with Gasteiger partial charge in [-0.25, -0.2) is 8.78 Å². The maximum atomic E-state index is 13.6. The third kappa shape index (κ3) is 2.91. The molecule has 3 unspecified atom stereocenters. The van der Waals surface area contributed by atoms with Gasteiger partial charge in [-0.05, 0) is 31.2 Å². The normalized spacial score (nSPS) is 36.0. The minimum absolute atomic E-state index is 0.0879. The Balaban J connectivity index is 2.55. The van der Waals surface area contributed by atoms with Gasteiger partial charge in [0.05, 0.1) is 0 Å². The summed E-state index contributed by atoms with van der Waals surface area (Å²) in [4.78, 5) is 1.46. The molecule has 0 N–H and O–H groups in total. The molecular weight excluding hydrogens is 184 g/mol. The molecule has 1 fully saturated rings. The van der Waals surface area contributed by atoms with Crippen LogP contribution < -0.4 is 0 Å². The van der Waals surface area contributed by atoms with Crippen LogP contribution in [0, 0.1) is 11.3 Å². The molecule has 0 radical (unpaired) electrons. The first-order valence-electron chi connectivity index (χ1n) is 5.29. The van der Waals surface area contributed by atoms with E-state index >= 15 is 0 Å². The van der Waals surface area contributed by atoms with E-state index in [-0.39, 0.29) is 11.3 Å². The summed E-state index contributed by atoms with van der Waals surface area (Å²) in [6.07, 6.45) is -1.18. The van der Waals surface area contributed by atoms with Crippen molar-refractivity contribution in [2.75, 3.05) is 13.6 Å². The molecule has 1 nitrogen and oxygen atoms in total. The average molecular weight is 205 g/mol. The summed E-state index contributed by atoms with van der Waals surface area (Å²) in [6.45, 7) is 6.89. The highest BCUT2D eigenvalue weighted by atomic mass is 19.2. The van der Waals surface area contributed by atoms with Crippen LogP contribution in [0.2, 0.25) is 0 Å². The van der Waals surface area contributed by atoms with Crippen LogP contribution in [-0.2, 0) is 0 Å². The van der Waals surface area contributed by atoms with E-state index in [4.69, 9.17) is 0 Å². The second-order valence-electron chi connectivity index (χ2n) is 5.61. The van der Waals surface area contributed by atoms with Crippen LogP contribution in [0.5, 0.6) is 0 Å². The Morgan fingerprint density at radius 3 is 2.36 bits per heavy atom. The van der Waals surface area contributed by atoms with E-state index in [1.54, 1.807) is 7.05 Å². The zero-order valence-corrected chi connectivity index (χ0v) is 9.56. The van der Waals surface area contributed by atoms with Crippen LogP contribution in [0.15, 0.2) is 0 Å². The van der Waals surface area contributed by atoms with E-state index < -0.39 is 12.5 Å². The summed E-state index contributed by atoms with van der Waals surface area (Å²) in [7, 11) is 1.64. The summed E-state index contributed by atoms with van der Waals surface area (Å²) in [5.41, 5.74) is 0.0879. The molecule has 84 valence electrons. The Morgan fingerprint density at radius 1 is 1.29 bits per heavy atom. The van der Waals surface area contributed by atoms with E-state index in [1.807, 2.05) is 0 Å². The number of nitrogens with zero attached hydrogens (tertiary/aromatic N) is 1. The molecule has 0 spiro atoms. The first-order valence-corrected chi connectivity index (χ1v) is 5.29. The number of alkyl halides is 2. The second-order valence-corrected chi connectivity index (χ2v) is 5.61. The summed E-state index contributed by atoms with van der Waals surface area (Å²) in [5, 5.41) is 0. The zero-order valence-electron chi connectivity index (χ0n) is 9.56. The van der Waals surface area contributed by atoms with Gasteiger partial charge in [-0.2, -0.15) is 0 Å². The molecule has 0 saturated carbocycles. The van der Waals surface area contributed by atoms with Gasteiger partial charge in [0.25, 0.3) is 0 Å². The molecule has 0 aromatic heterocycles. The fourth-order valence-corrected chi connectivity index (χ4v) is 2.12. The summed E-state index contributed by atoms with van der Waals surface area (Å²) in [6, 6.07) is 0. The van der Waals surface area contributed by atoms with Gasteiger partial charge in [0.2, 0.25) is 0 Å². The molecular formula is C11H21F2N.